The van der Waals surface area contributed by atoms with Crippen LogP contribution in [0, 0.1) is 0 Å². The molecule has 2 aliphatic rings. The van der Waals surface area contributed by atoms with E-state index in [9.17, 15) is 4.79 Å². The summed E-state index contributed by atoms with van der Waals surface area (Å²) in [5.41, 5.74) is 0.947. The third kappa shape index (κ3) is 5.69. The average molecular weight is 503 g/mol. The molecule has 1 atom stereocenters. The molecule has 28 heavy (non-hydrogen) atoms. The molecular weight excluding hydrogens is 473 g/mol. The summed E-state index contributed by atoms with van der Waals surface area (Å²) in [4.78, 5) is 25.6. The smallest absolute Gasteiger partial charge is 0.251 e. The summed E-state index contributed by atoms with van der Waals surface area (Å²) in [6, 6.07) is 3.85. The highest BCUT2D eigenvalue weighted by Gasteiger charge is 2.30. The number of aromatic nitrogens is 1. The fraction of sp³-hybridized carbons (Fsp3) is 0.632. The molecule has 1 amide bonds. The standard InChI is InChI=1S/C19H29N5O3.HI/c1-3-20-19(22-14-15-6-4-8-21-17(15)26-2)24-11-9-23(10-12-24)18(25)16-7-5-13-27-16;/h4,6,8,16H,3,5,7,9-14H2,1-2H3,(H,20,22);1H. The Hall–Kier alpha value is -1.62. The molecule has 2 aliphatic heterocycles. The summed E-state index contributed by atoms with van der Waals surface area (Å²) in [6.07, 6.45) is 3.29. The van der Waals surface area contributed by atoms with Crippen molar-refractivity contribution in [1.29, 1.82) is 0 Å². The molecule has 1 N–H and O–H groups in total. The lowest BCUT2D eigenvalue weighted by molar-refractivity contribution is -0.142. The predicted molar refractivity (Wildman–Crippen MR) is 118 cm³/mol. The average Bonchev–Trinajstić information content (AvgIpc) is 3.26. The molecule has 3 rings (SSSR count). The second-order valence-electron chi connectivity index (χ2n) is 6.66. The van der Waals surface area contributed by atoms with Crippen molar-refractivity contribution >= 4 is 35.8 Å². The van der Waals surface area contributed by atoms with Gasteiger partial charge in [-0.2, -0.15) is 0 Å². The van der Waals surface area contributed by atoms with Crippen molar-refractivity contribution in [2.75, 3.05) is 46.4 Å². The van der Waals surface area contributed by atoms with Gasteiger partial charge in [0.15, 0.2) is 5.96 Å². The highest BCUT2D eigenvalue weighted by molar-refractivity contribution is 14.0. The molecule has 0 spiro atoms. The SMILES string of the molecule is CCNC(=NCc1cccnc1OC)N1CCN(C(=O)C2CCCO2)CC1.I. The Balaban J connectivity index is 0.00000280. The van der Waals surface area contributed by atoms with Gasteiger partial charge in [0.2, 0.25) is 5.88 Å². The maximum Gasteiger partial charge on any atom is 0.251 e. The molecule has 9 heteroatoms. The molecule has 8 nitrogen and oxygen atoms in total. The number of nitrogens with zero attached hydrogens (tertiary/aromatic N) is 4. The van der Waals surface area contributed by atoms with Crippen LogP contribution in [0.2, 0.25) is 0 Å². The summed E-state index contributed by atoms with van der Waals surface area (Å²) >= 11 is 0. The molecule has 2 fully saturated rings. The Morgan fingerprint density at radius 1 is 1.36 bits per heavy atom. The Bertz CT molecular complexity index is 659. The fourth-order valence-electron chi connectivity index (χ4n) is 3.43. The van der Waals surface area contributed by atoms with E-state index in [0.717, 1.165) is 44.0 Å². The largest absolute Gasteiger partial charge is 0.481 e. The zero-order valence-electron chi connectivity index (χ0n) is 16.6. The number of guanidine groups is 1. The minimum absolute atomic E-state index is 0. The quantitative estimate of drug-likeness (QED) is 0.373. The van der Waals surface area contributed by atoms with Crippen LogP contribution in [0.4, 0.5) is 0 Å². The first-order chi connectivity index (χ1) is 13.2. The molecule has 0 saturated carbocycles. The van der Waals surface area contributed by atoms with Gasteiger partial charge < -0.3 is 24.6 Å². The normalized spacial score (nSPS) is 19.9. The molecule has 1 unspecified atom stereocenters. The van der Waals surface area contributed by atoms with Crippen LogP contribution in [0.25, 0.3) is 0 Å². The van der Waals surface area contributed by atoms with Gasteiger partial charge in [-0.25, -0.2) is 9.98 Å². The second-order valence-corrected chi connectivity index (χ2v) is 6.66. The van der Waals surface area contributed by atoms with Crippen LogP contribution in [-0.2, 0) is 16.1 Å². The van der Waals surface area contributed by atoms with Gasteiger partial charge in [0.1, 0.15) is 6.10 Å². The Morgan fingerprint density at radius 2 is 2.11 bits per heavy atom. The molecular formula is C19H30IN5O3. The van der Waals surface area contributed by atoms with E-state index in [0.29, 0.717) is 32.1 Å². The number of hydrogen-bond acceptors (Lipinski definition) is 5. The Labute approximate surface area is 183 Å². The molecule has 156 valence electrons. The Morgan fingerprint density at radius 3 is 2.75 bits per heavy atom. The minimum atomic E-state index is -0.239. The molecule has 0 aliphatic carbocycles. The van der Waals surface area contributed by atoms with E-state index in [4.69, 9.17) is 14.5 Å². The number of carbonyl (C=O) groups excluding carboxylic acids is 1. The number of pyridine rings is 1. The summed E-state index contributed by atoms with van der Waals surface area (Å²) in [5.74, 6) is 1.59. The van der Waals surface area contributed by atoms with Crippen molar-refractivity contribution in [3.8, 4) is 5.88 Å². The van der Waals surface area contributed by atoms with E-state index in [1.807, 2.05) is 17.0 Å². The number of rotatable bonds is 5. The van der Waals surface area contributed by atoms with Gasteiger partial charge in [0.25, 0.3) is 5.91 Å². The molecule has 1 aromatic rings. The number of ether oxygens (including phenoxy) is 2. The van der Waals surface area contributed by atoms with Crippen molar-refractivity contribution in [3.63, 3.8) is 0 Å². The second kappa shape index (κ2) is 11.4. The lowest BCUT2D eigenvalue weighted by Crippen LogP contribution is -2.55. The maximum atomic E-state index is 12.5. The summed E-state index contributed by atoms with van der Waals surface area (Å²) in [5, 5.41) is 3.35. The monoisotopic (exact) mass is 503 g/mol. The number of nitrogens with one attached hydrogen (secondary N) is 1. The van der Waals surface area contributed by atoms with Crippen LogP contribution < -0.4 is 10.1 Å². The third-order valence-electron chi connectivity index (χ3n) is 4.87. The minimum Gasteiger partial charge on any atom is -0.481 e. The van der Waals surface area contributed by atoms with E-state index in [-0.39, 0.29) is 36.0 Å². The van der Waals surface area contributed by atoms with Gasteiger partial charge in [0.05, 0.1) is 13.7 Å². The Kier molecular flexibility index (Phi) is 9.23. The number of amides is 1. The number of piperazine rings is 1. The molecule has 2 saturated heterocycles. The zero-order valence-corrected chi connectivity index (χ0v) is 18.9. The highest BCUT2D eigenvalue weighted by Crippen LogP contribution is 2.17. The van der Waals surface area contributed by atoms with Crippen molar-refractivity contribution in [2.45, 2.75) is 32.4 Å². The topological polar surface area (TPSA) is 79.3 Å². The van der Waals surface area contributed by atoms with E-state index in [1.165, 1.54) is 0 Å². The lowest BCUT2D eigenvalue weighted by Gasteiger charge is -2.37. The predicted octanol–water partition coefficient (Wildman–Crippen LogP) is 1.50. The van der Waals surface area contributed by atoms with Crippen molar-refractivity contribution in [3.05, 3.63) is 23.9 Å². The number of halogens is 1. The number of aliphatic imine (C=N–C) groups is 1. The van der Waals surface area contributed by atoms with E-state index < -0.39 is 0 Å². The highest BCUT2D eigenvalue weighted by atomic mass is 127. The number of methoxy groups -OCH3 is 1. The molecule has 0 bridgehead atoms. The van der Waals surface area contributed by atoms with Gasteiger partial charge in [-0.05, 0) is 25.8 Å². The van der Waals surface area contributed by atoms with Crippen LogP contribution in [0.15, 0.2) is 23.3 Å². The summed E-state index contributed by atoms with van der Waals surface area (Å²) < 4.78 is 10.8. The molecule has 0 aromatic carbocycles. The van der Waals surface area contributed by atoms with Crippen LogP contribution >= 0.6 is 24.0 Å². The zero-order chi connectivity index (χ0) is 19.1. The molecule has 3 heterocycles. The van der Waals surface area contributed by atoms with Gasteiger partial charge in [-0.15, -0.1) is 24.0 Å². The van der Waals surface area contributed by atoms with E-state index in [2.05, 4.69) is 22.1 Å². The molecule has 0 radical (unpaired) electrons. The first-order valence-electron chi connectivity index (χ1n) is 9.64. The van der Waals surface area contributed by atoms with Gasteiger partial charge in [0, 0.05) is 51.1 Å². The van der Waals surface area contributed by atoms with Crippen molar-refractivity contribution in [2.24, 2.45) is 4.99 Å². The van der Waals surface area contributed by atoms with Gasteiger partial charge >= 0.3 is 0 Å². The van der Waals surface area contributed by atoms with Gasteiger partial charge in [-0.1, -0.05) is 6.07 Å². The summed E-state index contributed by atoms with van der Waals surface area (Å²) in [7, 11) is 1.62. The van der Waals surface area contributed by atoms with Gasteiger partial charge in [-0.3, -0.25) is 4.79 Å². The molecule has 1 aromatic heterocycles. The first-order valence-corrected chi connectivity index (χ1v) is 9.64. The van der Waals surface area contributed by atoms with Crippen LogP contribution in [0.1, 0.15) is 25.3 Å². The van der Waals surface area contributed by atoms with Crippen LogP contribution in [0.5, 0.6) is 5.88 Å². The third-order valence-corrected chi connectivity index (χ3v) is 4.87. The van der Waals surface area contributed by atoms with Crippen molar-refractivity contribution in [1.82, 2.24) is 20.1 Å². The summed E-state index contributed by atoms with van der Waals surface area (Å²) in [6.45, 7) is 6.94. The van der Waals surface area contributed by atoms with Crippen LogP contribution in [-0.4, -0.2) is 79.2 Å². The van der Waals surface area contributed by atoms with Crippen LogP contribution in [0.3, 0.4) is 0 Å². The lowest BCUT2D eigenvalue weighted by atomic mass is 10.2. The number of carbonyl (C=O) groups is 1. The maximum absolute atomic E-state index is 12.5. The number of hydrogen-bond donors (Lipinski definition) is 1. The van der Waals surface area contributed by atoms with E-state index in [1.54, 1.807) is 13.3 Å². The fourth-order valence-corrected chi connectivity index (χ4v) is 3.43. The van der Waals surface area contributed by atoms with E-state index >= 15 is 0 Å². The van der Waals surface area contributed by atoms with Crippen molar-refractivity contribution < 1.29 is 14.3 Å². The first kappa shape index (κ1) is 22.7.